The number of hydrogen-bond donors (Lipinski definition) is 2. The zero-order valence-corrected chi connectivity index (χ0v) is 14.3. The SMILES string of the molecule is CN(C)c1ccc(C2(O)NC(=S)C(C#N)=C2c2ccccc2)cc1. The van der Waals surface area contributed by atoms with Crippen LogP contribution in [0.15, 0.2) is 60.2 Å². The third kappa shape index (κ3) is 2.56. The minimum Gasteiger partial charge on any atom is -0.378 e. The van der Waals surface area contributed by atoms with Gasteiger partial charge in [0.1, 0.15) is 11.1 Å². The second-order valence-corrected chi connectivity index (χ2v) is 6.24. The predicted molar refractivity (Wildman–Crippen MR) is 99.4 cm³/mol. The zero-order valence-electron chi connectivity index (χ0n) is 13.4. The Morgan fingerprint density at radius 3 is 2.25 bits per heavy atom. The third-order valence-electron chi connectivity index (χ3n) is 4.11. The molecule has 0 saturated carbocycles. The van der Waals surface area contributed by atoms with Gasteiger partial charge in [0.25, 0.3) is 0 Å². The molecule has 0 radical (unpaired) electrons. The quantitative estimate of drug-likeness (QED) is 0.845. The zero-order chi connectivity index (χ0) is 17.3. The van der Waals surface area contributed by atoms with Crippen LogP contribution in [0.1, 0.15) is 11.1 Å². The van der Waals surface area contributed by atoms with Crippen LogP contribution < -0.4 is 10.2 Å². The van der Waals surface area contributed by atoms with Crippen LogP contribution in [0.5, 0.6) is 0 Å². The number of thiocarbonyl (C=S) groups is 1. The lowest BCUT2D eigenvalue weighted by Crippen LogP contribution is -2.40. The highest BCUT2D eigenvalue weighted by Gasteiger charge is 2.44. The van der Waals surface area contributed by atoms with Crippen molar-refractivity contribution in [2.24, 2.45) is 0 Å². The van der Waals surface area contributed by atoms with E-state index in [1.807, 2.05) is 73.6 Å². The molecule has 2 aromatic rings. The second kappa shape index (κ2) is 6.08. The summed E-state index contributed by atoms with van der Waals surface area (Å²) in [5.41, 5.74) is 1.70. The number of benzene rings is 2. The van der Waals surface area contributed by atoms with E-state index in [9.17, 15) is 10.4 Å². The first-order chi connectivity index (χ1) is 11.5. The number of nitriles is 1. The van der Waals surface area contributed by atoms with Crippen molar-refractivity contribution in [3.8, 4) is 6.07 Å². The highest BCUT2D eigenvalue weighted by atomic mass is 32.1. The summed E-state index contributed by atoms with van der Waals surface area (Å²) in [6, 6.07) is 19.0. The Kier molecular flexibility index (Phi) is 4.10. The minimum absolute atomic E-state index is 0.260. The minimum atomic E-state index is -1.52. The Hall–Kier alpha value is -2.68. The molecule has 0 fully saturated rings. The molecular weight excluding hydrogens is 318 g/mol. The number of aliphatic hydroxyl groups is 1. The van der Waals surface area contributed by atoms with Gasteiger partial charge in [0.05, 0.1) is 5.57 Å². The van der Waals surface area contributed by atoms with Gasteiger partial charge in [-0.15, -0.1) is 0 Å². The van der Waals surface area contributed by atoms with Crippen LogP contribution in [0.4, 0.5) is 5.69 Å². The summed E-state index contributed by atoms with van der Waals surface area (Å²) in [4.78, 5) is 2.24. The lowest BCUT2D eigenvalue weighted by Gasteiger charge is -2.28. The molecule has 0 aromatic heterocycles. The van der Waals surface area contributed by atoms with Crippen molar-refractivity contribution in [3.63, 3.8) is 0 Å². The maximum atomic E-state index is 11.4. The Morgan fingerprint density at radius 1 is 1.08 bits per heavy atom. The number of nitrogens with zero attached hydrogens (tertiary/aromatic N) is 2. The van der Waals surface area contributed by atoms with Gasteiger partial charge in [-0.1, -0.05) is 54.7 Å². The van der Waals surface area contributed by atoms with Gasteiger partial charge in [-0.3, -0.25) is 0 Å². The molecule has 0 bridgehead atoms. The summed E-state index contributed by atoms with van der Waals surface area (Å²) < 4.78 is 0. The monoisotopic (exact) mass is 335 g/mol. The van der Waals surface area contributed by atoms with Crippen molar-refractivity contribution < 1.29 is 5.11 Å². The molecule has 4 nitrogen and oxygen atoms in total. The average molecular weight is 335 g/mol. The summed E-state index contributed by atoms with van der Waals surface area (Å²) >= 11 is 5.27. The van der Waals surface area contributed by atoms with Crippen LogP contribution in [0.2, 0.25) is 0 Å². The average Bonchev–Trinajstić information content (AvgIpc) is 2.86. The summed E-state index contributed by atoms with van der Waals surface area (Å²) in [6.07, 6.45) is 0. The summed E-state index contributed by atoms with van der Waals surface area (Å²) in [6.45, 7) is 0. The van der Waals surface area contributed by atoms with Crippen LogP contribution in [0.25, 0.3) is 5.57 Å². The molecule has 1 aliphatic heterocycles. The van der Waals surface area contributed by atoms with Crippen LogP contribution >= 0.6 is 12.2 Å². The van der Waals surface area contributed by atoms with E-state index in [1.165, 1.54) is 0 Å². The topological polar surface area (TPSA) is 59.3 Å². The van der Waals surface area contributed by atoms with E-state index in [1.54, 1.807) is 0 Å². The van der Waals surface area contributed by atoms with Crippen LogP contribution in [-0.2, 0) is 5.72 Å². The van der Waals surface area contributed by atoms with E-state index in [0.29, 0.717) is 16.7 Å². The fourth-order valence-corrected chi connectivity index (χ4v) is 3.16. The fourth-order valence-electron chi connectivity index (χ4n) is 2.87. The standard InChI is InChI=1S/C19H17N3OS/c1-22(2)15-10-8-14(9-11-15)19(23)17(13-6-4-3-5-7-13)16(12-20)18(24)21-19/h3-11,23H,1-2H3,(H,21,24). The number of rotatable bonds is 3. The number of hydrogen-bond acceptors (Lipinski definition) is 4. The lowest BCUT2D eigenvalue weighted by molar-refractivity contribution is 0.0895. The molecule has 1 atom stereocenters. The number of nitrogens with one attached hydrogen (secondary N) is 1. The Bertz CT molecular complexity index is 850. The van der Waals surface area contributed by atoms with Gasteiger partial charge in [-0.25, -0.2) is 0 Å². The Morgan fingerprint density at radius 2 is 1.71 bits per heavy atom. The molecule has 120 valence electrons. The Balaban J connectivity index is 2.16. The van der Waals surface area contributed by atoms with Gasteiger partial charge in [-0.2, -0.15) is 5.26 Å². The van der Waals surface area contributed by atoms with E-state index in [2.05, 4.69) is 11.4 Å². The van der Waals surface area contributed by atoms with Crippen molar-refractivity contribution in [2.45, 2.75) is 5.72 Å². The highest BCUT2D eigenvalue weighted by molar-refractivity contribution is 7.80. The van der Waals surface area contributed by atoms with E-state index in [4.69, 9.17) is 12.2 Å². The van der Waals surface area contributed by atoms with Gasteiger partial charge >= 0.3 is 0 Å². The second-order valence-electron chi connectivity index (χ2n) is 5.83. The molecular formula is C19H17N3OS. The molecule has 5 heteroatoms. The van der Waals surface area contributed by atoms with E-state index in [-0.39, 0.29) is 4.99 Å². The van der Waals surface area contributed by atoms with E-state index >= 15 is 0 Å². The summed E-state index contributed by atoms with van der Waals surface area (Å²) in [5.74, 6) is 0. The van der Waals surface area contributed by atoms with Crippen LogP contribution in [0, 0.1) is 11.3 Å². The maximum Gasteiger partial charge on any atom is 0.191 e. The third-order valence-corrected chi connectivity index (χ3v) is 4.42. The van der Waals surface area contributed by atoms with Crippen LogP contribution in [-0.4, -0.2) is 24.2 Å². The van der Waals surface area contributed by atoms with Gasteiger partial charge in [0.2, 0.25) is 0 Å². The molecule has 0 spiro atoms. The molecule has 0 saturated heterocycles. The summed E-state index contributed by atoms with van der Waals surface area (Å²) in [5, 5.41) is 23.8. The largest absolute Gasteiger partial charge is 0.378 e. The molecule has 0 amide bonds. The maximum absolute atomic E-state index is 11.4. The van der Waals surface area contributed by atoms with Gasteiger partial charge in [-0.05, 0) is 17.7 Å². The van der Waals surface area contributed by atoms with Crippen molar-refractivity contribution in [1.82, 2.24) is 5.32 Å². The van der Waals surface area contributed by atoms with Gasteiger partial charge < -0.3 is 15.3 Å². The molecule has 1 aliphatic rings. The molecule has 2 aromatic carbocycles. The molecule has 1 unspecified atom stereocenters. The first kappa shape index (κ1) is 16.2. The molecule has 0 aliphatic carbocycles. The number of anilines is 1. The van der Waals surface area contributed by atoms with Crippen molar-refractivity contribution in [2.75, 3.05) is 19.0 Å². The van der Waals surface area contributed by atoms with Crippen molar-refractivity contribution in [3.05, 3.63) is 71.3 Å². The molecule has 2 N–H and O–H groups in total. The predicted octanol–water partition coefficient (Wildman–Crippen LogP) is 2.81. The van der Waals surface area contributed by atoms with Crippen molar-refractivity contribution in [1.29, 1.82) is 5.26 Å². The van der Waals surface area contributed by atoms with Gasteiger partial charge in [0, 0.05) is 30.9 Å². The normalized spacial score (nSPS) is 19.8. The van der Waals surface area contributed by atoms with E-state index < -0.39 is 5.72 Å². The van der Waals surface area contributed by atoms with Gasteiger partial charge in [0.15, 0.2) is 5.72 Å². The van der Waals surface area contributed by atoms with E-state index in [0.717, 1.165) is 11.3 Å². The fraction of sp³-hybridized carbons (Fsp3) is 0.158. The Labute approximate surface area is 146 Å². The van der Waals surface area contributed by atoms with Crippen molar-refractivity contribution >= 4 is 28.5 Å². The van der Waals surface area contributed by atoms with Crippen LogP contribution in [0.3, 0.4) is 0 Å². The lowest BCUT2D eigenvalue weighted by atomic mass is 9.89. The molecule has 24 heavy (non-hydrogen) atoms. The molecule has 1 heterocycles. The molecule has 3 rings (SSSR count). The summed E-state index contributed by atoms with van der Waals surface area (Å²) in [7, 11) is 3.91. The smallest absolute Gasteiger partial charge is 0.191 e. The first-order valence-electron chi connectivity index (χ1n) is 7.50. The first-order valence-corrected chi connectivity index (χ1v) is 7.91. The highest BCUT2D eigenvalue weighted by Crippen LogP contribution is 2.41.